The van der Waals surface area contributed by atoms with E-state index in [4.69, 9.17) is 16.3 Å². The molecule has 27 heavy (non-hydrogen) atoms. The number of nitrogens with zero attached hydrogens (tertiary/aromatic N) is 2. The van der Waals surface area contributed by atoms with E-state index in [0.717, 1.165) is 24.1 Å². The van der Waals surface area contributed by atoms with Gasteiger partial charge in [0.2, 0.25) is 0 Å². The van der Waals surface area contributed by atoms with Gasteiger partial charge in [-0.15, -0.1) is 11.3 Å². The Hall–Kier alpha value is -2.64. The summed E-state index contributed by atoms with van der Waals surface area (Å²) in [6, 6.07) is 10.7. The van der Waals surface area contributed by atoms with Gasteiger partial charge in [-0.2, -0.15) is 0 Å². The average Bonchev–Trinajstić information content (AvgIpc) is 3.28. The van der Waals surface area contributed by atoms with Crippen molar-refractivity contribution >= 4 is 34.3 Å². The smallest absolute Gasteiger partial charge is 0.275 e. The minimum Gasteiger partial charge on any atom is -0.457 e. The Kier molecular flexibility index (Phi) is 4.96. The maximum absolute atomic E-state index is 11.3. The molecule has 1 aromatic heterocycles. The summed E-state index contributed by atoms with van der Waals surface area (Å²) in [6.07, 6.45) is 4.98. The highest BCUT2D eigenvalue weighted by Gasteiger charge is 2.14. The Morgan fingerprint density at radius 2 is 2.04 bits per heavy atom. The molecular weight excluding hydrogens is 386 g/mol. The van der Waals surface area contributed by atoms with Crippen LogP contribution in [-0.4, -0.2) is 9.91 Å². The highest BCUT2D eigenvalue weighted by atomic mass is 35.5. The van der Waals surface area contributed by atoms with Crippen molar-refractivity contribution in [3.05, 3.63) is 73.2 Å². The third kappa shape index (κ3) is 4.20. The van der Waals surface area contributed by atoms with Crippen LogP contribution in [0.25, 0.3) is 0 Å². The number of benzene rings is 2. The predicted octanol–water partition coefficient (Wildman–Crippen LogP) is 5.60. The Morgan fingerprint density at radius 3 is 2.81 bits per heavy atom. The van der Waals surface area contributed by atoms with Gasteiger partial charge in [0.15, 0.2) is 4.47 Å². The number of hydrogen-bond acceptors (Lipinski definition) is 6. The zero-order valence-corrected chi connectivity index (χ0v) is 15.8. The fourth-order valence-electron chi connectivity index (χ4n) is 3.15. The Morgan fingerprint density at radius 1 is 1.19 bits per heavy atom. The standard InChI is InChI=1S/C19H16ClN3O3S/c20-19-22-11-18(27-19)10-21-14-7-15(23(24)25)9-17(8-14)26-16-5-4-12-2-1-3-13(12)6-16/h4-9,11,21H,1-3,10H2. The van der Waals surface area contributed by atoms with Crippen molar-refractivity contribution in [2.24, 2.45) is 0 Å². The third-order valence-electron chi connectivity index (χ3n) is 4.40. The number of hydrogen-bond donors (Lipinski definition) is 1. The molecule has 0 atom stereocenters. The van der Waals surface area contributed by atoms with Crippen LogP contribution >= 0.6 is 22.9 Å². The van der Waals surface area contributed by atoms with Gasteiger partial charge in [-0.25, -0.2) is 4.98 Å². The van der Waals surface area contributed by atoms with Crippen LogP contribution in [0.1, 0.15) is 22.4 Å². The lowest BCUT2D eigenvalue weighted by molar-refractivity contribution is -0.384. The Bertz CT molecular complexity index is 1010. The number of aryl methyl sites for hydroxylation is 2. The predicted molar refractivity (Wildman–Crippen MR) is 106 cm³/mol. The molecule has 1 aliphatic rings. The van der Waals surface area contributed by atoms with E-state index in [1.54, 1.807) is 12.3 Å². The van der Waals surface area contributed by atoms with Crippen molar-refractivity contribution in [1.29, 1.82) is 0 Å². The van der Waals surface area contributed by atoms with Gasteiger partial charge in [0, 0.05) is 28.9 Å². The number of ether oxygens (including phenoxy) is 1. The summed E-state index contributed by atoms with van der Waals surface area (Å²) in [5, 5.41) is 14.5. The van der Waals surface area contributed by atoms with Gasteiger partial charge in [0.1, 0.15) is 11.5 Å². The maximum atomic E-state index is 11.3. The number of non-ortho nitro benzene ring substituents is 1. The lowest BCUT2D eigenvalue weighted by Crippen LogP contribution is -1.99. The molecule has 1 aliphatic carbocycles. The molecule has 8 heteroatoms. The Labute approximate surface area is 164 Å². The first kappa shape index (κ1) is 17.8. The van der Waals surface area contributed by atoms with Gasteiger partial charge >= 0.3 is 0 Å². The van der Waals surface area contributed by atoms with Gasteiger partial charge in [0.25, 0.3) is 5.69 Å². The summed E-state index contributed by atoms with van der Waals surface area (Å²) in [5.74, 6) is 1.11. The Balaban J connectivity index is 1.56. The second kappa shape index (κ2) is 7.54. The van der Waals surface area contributed by atoms with Crippen molar-refractivity contribution < 1.29 is 9.66 Å². The first-order chi connectivity index (χ1) is 13.1. The topological polar surface area (TPSA) is 77.3 Å². The average molecular weight is 402 g/mol. The molecule has 0 fully saturated rings. The molecule has 0 saturated heterocycles. The van der Waals surface area contributed by atoms with Crippen molar-refractivity contribution in [3.63, 3.8) is 0 Å². The SMILES string of the molecule is O=[N+]([O-])c1cc(NCc2cnc(Cl)s2)cc(Oc2ccc3c(c2)CCC3)c1. The molecular formula is C19H16ClN3O3S. The van der Waals surface area contributed by atoms with E-state index in [9.17, 15) is 10.1 Å². The minimum absolute atomic E-state index is 0.0292. The number of nitro groups is 1. The normalized spacial score (nSPS) is 12.6. The summed E-state index contributed by atoms with van der Waals surface area (Å²) in [6.45, 7) is 0.476. The van der Waals surface area contributed by atoms with Crippen LogP contribution in [0.4, 0.5) is 11.4 Å². The molecule has 0 saturated carbocycles. The number of rotatable bonds is 6. The van der Waals surface area contributed by atoms with E-state index in [1.165, 1.54) is 34.6 Å². The molecule has 0 aliphatic heterocycles. The number of halogens is 1. The van der Waals surface area contributed by atoms with Crippen LogP contribution < -0.4 is 10.1 Å². The highest BCUT2D eigenvalue weighted by Crippen LogP contribution is 2.33. The second-order valence-corrected chi connectivity index (χ2v) is 7.99. The van der Waals surface area contributed by atoms with Gasteiger partial charge in [-0.3, -0.25) is 10.1 Å². The molecule has 2 aromatic carbocycles. The van der Waals surface area contributed by atoms with Gasteiger partial charge in [-0.1, -0.05) is 17.7 Å². The number of fused-ring (bicyclic) bond motifs is 1. The molecule has 0 amide bonds. The summed E-state index contributed by atoms with van der Waals surface area (Å²) >= 11 is 7.20. The van der Waals surface area contributed by atoms with Crippen LogP contribution in [-0.2, 0) is 19.4 Å². The first-order valence-electron chi connectivity index (χ1n) is 8.50. The minimum atomic E-state index is -0.426. The molecule has 0 bridgehead atoms. The summed E-state index contributed by atoms with van der Waals surface area (Å²) in [4.78, 5) is 15.8. The number of nitro benzene ring substituents is 1. The fourth-order valence-corrected chi connectivity index (χ4v) is 4.07. The zero-order chi connectivity index (χ0) is 18.8. The van der Waals surface area contributed by atoms with E-state index in [-0.39, 0.29) is 5.69 Å². The van der Waals surface area contributed by atoms with E-state index in [1.807, 2.05) is 12.1 Å². The first-order valence-corrected chi connectivity index (χ1v) is 9.69. The van der Waals surface area contributed by atoms with Crippen molar-refractivity contribution in [2.75, 3.05) is 5.32 Å². The van der Waals surface area contributed by atoms with Gasteiger partial charge in [-0.05, 0) is 42.5 Å². The third-order valence-corrected chi connectivity index (χ3v) is 5.51. The van der Waals surface area contributed by atoms with E-state index in [0.29, 0.717) is 28.2 Å². The van der Waals surface area contributed by atoms with E-state index in [2.05, 4.69) is 16.4 Å². The fraction of sp³-hybridized carbons (Fsp3) is 0.211. The molecule has 4 rings (SSSR count). The quantitative estimate of drug-likeness (QED) is 0.429. The lowest BCUT2D eigenvalue weighted by atomic mass is 10.1. The van der Waals surface area contributed by atoms with Gasteiger partial charge in [0.05, 0.1) is 17.5 Å². The van der Waals surface area contributed by atoms with Crippen molar-refractivity contribution in [3.8, 4) is 11.5 Å². The van der Waals surface area contributed by atoms with Crippen molar-refractivity contribution in [2.45, 2.75) is 25.8 Å². The molecule has 0 spiro atoms. The summed E-state index contributed by atoms with van der Waals surface area (Å²) in [5.41, 5.74) is 3.22. The monoisotopic (exact) mass is 401 g/mol. The van der Waals surface area contributed by atoms with Crippen LogP contribution in [0.3, 0.4) is 0 Å². The van der Waals surface area contributed by atoms with Gasteiger partial charge < -0.3 is 10.1 Å². The zero-order valence-electron chi connectivity index (χ0n) is 14.3. The number of aromatic nitrogens is 1. The highest BCUT2D eigenvalue weighted by molar-refractivity contribution is 7.15. The van der Waals surface area contributed by atoms with E-state index < -0.39 is 4.92 Å². The van der Waals surface area contributed by atoms with Crippen LogP contribution in [0, 0.1) is 10.1 Å². The maximum Gasteiger partial charge on any atom is 0.275 e. The molecule has 3 aromatic rings. The van der Waals surface area contributed by atoms with Crippen LogP contribution in [0.15, 0.2) is 42.6 Å². The number of nitrogens with one attached hydrogen (secondary N) is 1. The molecule has 0 unspecified atom stereocenters. The largest absolute Gasteiger partial charge is 0.457 e. The second-order valence-electron chi connectivity index (χ2n) is 6.29. The van der Waals surface area contributed by atoms with Crippen LogP contribution in [0.2, 0.25) is 4.47 Å². The number of thiazole rings is 1. The molecule has 6 nitrogen and oxygen atoms in total. The molecule has 138 valence electrons. The molecule has 1 N–H and O–H groups in total. The van der Waals surface area contributed by atoms with Crippen LogP contribution in [0.5, 0.6) is 11.5 Å². The van der Waals surface area contributed by atoms with E-state index >= 15 is 0 Å². The number of anilines is 1. The molecule has 1 heterocycles. The van der Waals surface area contributed by atoms with Crippen molar-refractivity contribution in [1.82, 2.24) is 4.98 Å². The summed E-state index contributed by atoms with van der Waals surface area (Å²) < 4.78 is 6.38. The molecule has 0 radical (unpaired) electrons. The summed E-state index contributed by atoms with van der Waals surface area (Å²) in [7, 11) is 0. The lowest BCUT2D eigenvalue weighted by Gasteiger charge is -2.10.